The molecule has 4 nitrogen and oxygen atoms in total. The van der Waals surface area contributed by atoms with Gasteiger partial charge in [-0.3, -0.25) is 4.57 Å². The van der Waals surface area contributed by atoms with Crippen LogP contribution in [0.5, 0.6) is 0 Å². The van der Waals surface area contributed by atoms with Crippen LogP contribution in [0, 0.1) is 0 Å². The maximum atomic E-state index is 11.5. The highest BCUT2D eigenvalue weighted by Crippen LogP contribution is 1.93. The highest BCUT2D eigenvalue weighted by molar-refractivity contribution is 4.79. The first-order valence-electron chi connectivity index (χ1n) is 5.60. The predicted molar refractivity (Wildman–Crippen MR) is 62.0 cm³/mol. The van der Waals surface area contributed by atoms with Crippen LogP contribution in [0.3, 0.4) is 0 Å². The molecule has 86 valence electrons. The summed E-state index contributed by atoms with van der Waals surface area (Å²) < 4.78 is 3.32. The molecule has 1 heterocycles. The van der Waals surface area contributed by atoms with Crippen LogP contribution in [0.25, 0.3) is 0 Å². The average molecular weight is 211 g/mol. The average Bonchev–Trinajstić information content (AvgIpc) is 2.50. The third-order valence-electron chi connectivity index (χ3n) is 2.58. The Morgan fingerprint density at radius 2 is 2.20 bits per heavy atom. The summed E-state index contributed by atoms with van der Waals surface area (Å²) >= 11 is 0. The van der Waals surface area contributed by atoms with E-state index in [0.29, 0.717) is 6.04 Å². The molecule has 1 atom stereocenters. The van der Waals surface area contributed by atoms with Gasteiger partial charge in [-0.05, 0) is 13.3 Å². The van der Waals surface area contributed by atoms with E-state index in [9.17, 15) is 4.79 Å². The van der Waals surface area contributed by atoms with Crippen molar-refractivity contribution >= 4 is 0 Å². The van der Waals surface area contributed by atoms with Crippen molar-refractivity contribution < 1.29 is 0 Å². The van der Waals surface area contributed by atoms with Gasteiger partial charge in [0, 0.05) is 38.6 Å². The van der Waals surface area contributed by atoms with Gasteiger partial charge in [0.2, 0.25) is 0 Å². The molecular formula is C11H21N3O. The molecule has 15 heavy (non-hydrogen) atoms. The number of nitrogens with zero attached hydrogens (tertiary/aromatic N) is 2. The zero-order chi connectivity index (χ0) is 11.3. The second-order valence-electron chi connectivity index (χ2n) is 4.03. The molecule has 0 saturated heterocycles. The van der Waals surface area contributed by atoms with Gasteiger partial charge in [-0.25, -0.2) is 4.79 Å². The third kappa shape index (κ3) is 3.55. The summed E-state index contributed by atoms with van der Waals surface area (Å²) in [5.41, 5.74) is 0.0555. The van der Waals surface area contributed by atoms with Crippen LogP contribution in [0.4, 0.5) is 0 Å². The lowest BCUT2D eigenvalue weighted by Crippen LogP contribution is -2.32. The quantitative estimate of drug-likeness (QED) is 0.761. The number of hydrogen-bond acceptors (Lipinski definition) is 2. The Kier molecular flexibility index (Phi) is 4.62. The van der Waals surface area contributed by atoms with Crippen molar-refractivity contribution in [1.29, 1.82) is 0 Å². The lowest BCUT2D eigenvalue weighted by molar-refractivity contribution is 0.481. The second kappa shape index (κ2) is 5.75. The molecule has 0 radical (unpaired) electrons. The van der Waals surface area contributed by atoms with Crippen LogP contribution < -0.4 is 11.0 Å². The van der Waals surface area contributed by atoms with E-state index in [1.807, 2.05) is 6.20 Å². The molecule has 1 aromatic rings. The van der Waals surface area contributed by atoms with Crippen LogP contribution in [-0.4, -0.2) is 21.7 Å². The fourth-order valence-corrected chi connectivity index (χ4v) is 1.65. The molecule has 0 saturated carbocycles. The molecule has 1 N–H and O–H groups in total. The molecule has 0 aliphatic heterocycles. The minimum Gasteiger partial charge on any atom is -0.312 e. The van der Waals surface area contributed by atoms with Gasteiger partial charge in [-0.1, -0.05) is 13.3 Å². The van der Waals surface area contributed by atoms with Crippen LogP contribution >= 0.6 is 0 Å². The van der Waals surface area contributed by atoms with Crippen LogP contribution in [0.2, 0.25) is 0 Å². The van der Waals surface area contributed by atoms with E-state index in [4.69, 9.17) is 0 Å². The van der Waals surface area contributed by atoms with Gasteiger partial charge in [-0.15, -0.1) is 0 Å². The van der Waals surface area contributed by atoms with Crippen LogP contribution in [0.15, 0.2) is 17.2 Å². The van der Waals surface area contributed by atoms with Crippen molar-refractivity contribution in [2.75, 3.05) is 6.54 Å². The molecule has 1 unspecified atom stereocenters. The van der Waals surface area contributed by atoms with Crippen molar-refractivity contribution in [3.05, 3.63) is 22.9 Å². The minimum atomic E-state index is 0.0555. The third-order valence-corrected chi connectivity index (χ3v) is 2.58. The summed E-state index contributed by atoms with van der Waals surface area (Å²) in [7, 11) is 1.77. The molecule has 0 spiro atoms. The molecule has 1 aromatic heterocycles. The largest absolute Gasteiger partial charge is 0.327 e. The summed E-state index contributed by atoms with van der Waals surface area (Å²) in [5.74, 6) is 0. The van der Waals surface area contributed by atoms with Gasteiger partial charge in [0.1, 0.15) is 0 Å². The van der Waals surface area contributed by atoms with E-state index >= 15 is 0 Å². The lowest BCUT2D eigenvalue weighted by Gasteiger charge is -2.12. The number of imidazole rings is 1. The number of aryl methyl sites for hydroxylation is 1. The second-order valence-corrected chi connectivity index (χ2v) is 4.03. The maximum Gasteiger partial charge on any atom is 0.327 e. The van der Waals surface area contributed by atoms with Crippen molar-refractivity contribution in [3.63, 3.8) is 0 Å². The van der Waals surface area contributed by atoms with E-state index < -0.39 is 0 Å². The van der Waals surface area contributed by atoms with Crippen LogP contribution in [-0.2, 0) is 13.6 Å². The van der Waals surface area contributed by atoms with E-state index in [2.05, 4.69) is 19.2 Å². The predicted octanol–water partition coefficient (Wildman–Crippen LogP) is 0.965. The topological polar surface area (TPSA) is 39.0 Å². The zero-order valence-electron chi connectivity index (χ0n) is 9.86. The smallest absolute Gasteiger partial charge is 0.312 e. The van der Waals surface area contributed by atoms with E-state index in [1.165, 1.54) is 12.8 Å². The van der Waals surface area contributed by atoms with Crippen molar-refractivity contribution in [2.24, 2.45) is 7.05 Å². The first-order chi connectivity index (χ1) is 7.15. The van der Waals surface area contributed by atoms with E-state index in [-0.39, 0.29) is 5.69 Å². The number of rotatable bonds is 6. The Labute approximate surface area is 90.9 Å². The molecule has 0 bridgehead atoms. The summed E-state index contributed by atoms with van der Waals surface area (Å²) in [4.78, 5) is 11.5. The van der Waals surface area contributed by atoms with Gasteiger partial charge in [0.05, 0.1) is 0 Å². The molecule has 0 aliphatic carbocycles. The molecule has 0 aromatic carbocycles. The Morgan fingerprint density at radius 1 is 1.47 bits per heavy atom. The zero-order valence-corrected chi connectivity index (χ0v) is 9.86. The molecular weight excluding hydrogens is 190 g/mol. The monoisotopic (exact) mass is 211 g/mol. The molecule has 0 fully saturated rings. The molecule has 0 aliphatic rings. The summed E-state index contributed by atoms with van der Waals surface area (Å²) in [5, 5.41) is 3.40. The van der Waals surface area contributed by atoms with Gasteiger partial charge in [0.25, 0.3) is 0 Å². The Balaban J connectivity index is 2.32. The van der Waals surface area contributed by atoms with Crippen molar-refractivity contribution in [2.45, 2.75) is 39.3 Å². The van der Waals surface area contributed by atoms with Gasteiger partial charge >= 0.3 is 5.69 Å². The SMILES string of the molecule is CCCC(C)NCCn1ccn(C)c1=O. The van der Waals surface area contributed by atoms with E-state index in [0.717, 1.165) is 13.1 Å². The standard InChI is InChI=1S/C11H21N3O/c1-4-5-10(2)12-6-7-14-9-8-13(3)11(14)15/h8-10,12H,4-7H2,1-3H3. The van der Waals surface area contributed by atoms with Crippen LogP contribution in [0.1, 0.15) is 26.7 Å². The number of nitrogens with one attached hydrogen (secondary N) is 1. The minimum absolute atomic E-state index is 0.0555. The Bertz CT molecular complexity index is 340. The highest BCUT2D eigenvalue weighted by Gasteiger charge is 2.01. The van der Waals surface area contributed by atoms with E-state index in [1.54, 1.807) is 22.4 Å². The summed E-state index contributed by atoms with van der Waals surface area (Å²) in [6.07, 6.45) is 6.00. The van der Waals surface area contributed by atoms with Gasteiger partial charge in [0.15, 0.2) is 0 Å². The number of hydrogen-bond donors (Lipinski definition) is 1. The fraction of sp³-hybridized carbons (Fsp3) is 0.727. The highest BCUT2D eigenvalue weighted by atomic mass is 16.1. The Hall–Kier alpha value is -1.03. The lowest BCUT2D eigenvalue weighted by atomic mass is 10.2. The molecule has 0 amide bonds. The number of aromatic nitrogens is 2. The first-order valence-corrected chi connectivity index (χ1v) is 5.60. The maximum absolute atomic E-state index is 11.5. The van der Waals surface area contributed by atoms with Crippen molar-refractivity contribution in [1.82, 2.24) is 14.5 Å². The summed E-state index contributed by atoms with van der Waals surface area (Å²) in [6, 6.07) is 0.536. The Morgan fingerprint density at radius 3 is 2.73 bits per heavy atom. The van der Waals surface area contributed by atoms with Gasteiger partial charge < -0.3 is 9.88 Å². The van der Waals surface area contributed by atoms with Crippen molar-refractivity contribution in [3.8, 4) is 0 Å². The fourth-order valence-electron chi connectivity index (χ4n) is 1.65. The molecule has 4 heteroatoms. The summed E-state index contributed by atoms with van der Waals surface area (Å²) in [6.45, 7) is 5.95. The van der Waals surface area contributed by atoms with Gasteiger partial charge in [-0.2, -0.15) is 0 Å². The molecule has 1 rings (SSSR count). The first kappa shape index (κ1) is 12.0. The normalized spacial score (nSPS) is 13.0.